The molecular formula is C27H34N2O3S. The van der Waals surface area contributed by atoms with Crippen LogP contribution in [0.25, 0.3) is 0 Å². The summed E-state index contributed by atoms with van der Waals surface area (Å²) in [4.78, 5) is 5.40. The molecule has 0 bridgehead atoms. The fourth-order valence-electron chi connectivity index (χ4n) is 3.90. The minimum absolute atomic E-state index is 0.0528. The molecule has 0 spiro atoms. The molecule has 0 N–H and O–H groups in total. The van der Waals surface area contributed by atoms with Crippen molar-refractivity contribution in [1.29, 1.82) is 0 Å². The van der Waals surface area contributed by atoms with Crippen LogP contribution >= 0.6 is 11.8 Å². The second-order valence-electron chi connectivity index (χ2n) is 8.67. The average Bonchev–Trinajstić information content (AvgIpc) is 3.49. The zero-order valence-corrected chi connectivity index (χ0v) is 20.4. The zero-order chi connectivity index (χ0) is 22.9. The van der Waals surface area contributed by atoms with E-state index in [1.165, 1.54) is 16.0 Å². The molecule has 2 heterocycles. The number of rotatable bonds is 12. The van der Waals surface area contributed by atoms with Crippen LogP contribution in [0.3, 0.4) is 0 Å². The molecule has 0 saturated carbocycles. The highest BCUT2D eigenvalue weighted by Crippen LogP contribution is 2.33. The number of aryl methyl sites for hydroxylation is 2. The van der Waals surface area contributed by atoms with Crippen molar-refractivity contribution >= 4 is 11.8 Å². The van der Waals surface area contributed by atoms with Crippen LogP contribution in [0.4, 0.5) is 0 Å². The summed E-state index contributed by atoms with van der Waals surface area (Å²) in [5.41, 5.74) is 2.58. The van der Waals surface area contributed by atoms with Gasteiger partial charge in [-0.05, 0) is 49.6 Å². The number of thioether (sulfide) groups is 1. The minimum Gasteiger partial charge on any atom is -0.494 e. The maximum Gasteiger partial charge on any atom is 0.187 e. The molecule has 33 heavy (non-hydrogen) atoms. The second-order valence-corrected chi connectivity index (χ2v) is 9.76. The van der Waals surface area contributed by atoms with E-state index in [1.807, 2.05) is 17.1 Å². The Morgan fingerprint density at radius 3 is 2.70 bits per heavy atom. The van der Waals surface area contributed by atoms with E-state index in [0.29, 0.717) is 13.2 Å². The van der Waals surface area contributed by atoms with Crippen molar-refractivity contribution in [3.05, 3.63) is 78.4 Å². The Kier molecular flexibility index (Phi) is 8.48. The van der Waals surface area contributed by atoms with Crippen LogP contribution in [0.1, 0.15) is 37.3 Å². The molecule has 1 saturated heterocycles. The lowest BCUT2D eigenvalue weighted by Gasteiger charge is -2.28. The van der Waals surface area contributed by atoms with Gasteiger partial charge in [0, 0.05) is 29.5 Å². The third-order valence-corrected chi connectivity index (χ3v) is 6.98. The number of aromatic nitrogens is 2. The fourth-order valence-corrected chi connectivity index (χ4v) is 4.77. The maximum atomic E-state index is 6.56. The Hall–Kier alpha value is -2.28. The quantitative estimate of drug-likeness (QED) is 0.245. The number of hydrogen-bond acceptors (Lipinski definition) is 5. The SMILES string of the molecule is CCCCOc1ccc(SCC2COC(CCc3ccc(C)cc3)(Cn3ccnc3)O2)cc1. The first kappa shape index (κ1) is 23.9. The highest BCUT2D eigenvalue weighted by Gasteiger charge is 2.41. The summed E-state index contributed by atoms with van der Waals surface area (Å²) in [5, 5.41) is 0. The van der Waals surface area contributed by atoms with Gasteiger partial charge in [0.1, 0.15) is 5.75 Å². The number of hydrogen-bond donors (Lipinski definition) is 0. The molecule has 1 aromatic heterocycles. The van der Waals surface area contributed by atoms with Crippen molar-refractivity contribution in [3.63, 3.8) is 0 Å². The van der Waals surface area contributed by atoms with Gasteiger partial charge >= 0.3 is 0 Å². The predicted octanol–water partition coefficient (Wildman–Crippen LogP) is 5.91. The molecule has 1 fully saturated rings. The normalized spacial score (nSPS) is 20.2. The monoisotopic (exact) mass is 466 g/mol. The van der Waals surface area contributed by atoms with E-state index in [0.717, 1.165) is 43.8 Å². The largest absolute Gasteiger partial charge is 0.494 e. The van der Waals surface area contributed by atoms with E-state index < -0.39 is 5.79 Å². The molecule has 5 nitrogen and oxygen atoms in total. The number of imidazole rings is 1. The summed E-state index contributed by atoms with van der Waals surface area (Å²) in [7, 11) is 0. The Balaban J connectivity index is 1.33. The molecule has 4 rings (SSSR count). The fraction of sp³-hybridized carbons (Fsp3) is 0.444. The maximum absolute atomic E-state index is 6.56. The van der Waals surface area contributed by atoms with Crippen molar-refractivity contribution in [2.24, 2.45) is 0 Å². The molecule has 176 valence electrons. The van der Waals surface area contributed by atoms with E-state index >= 15 is 0 Å². The second kappa shape index (κ2) is 11.7. The van der Waals surface area contributed by atoms with Crippen molar-refractivity contribution in [2.45, 2.75) is 62.9 Å². The van der Waals surface area contributed by atoms with Crippen LogP contribution in [-0.2, 0) is 22.4 Å². The molecule has 6 heteroatoms. The lowest BCUT2D eigenvalue weighted by molar-refractivity contribution is -0.180. The molecule has 2 aromatic carbocycles. The van der Waals surface area contributed by atoms with Gasteiger partial charge in [0.25, 0.3) is 0 Å². The summed E-state index contributed by atoms with van der Waals surface area (Å²) in [5.74, 6) is 1.16. The highest BCUT2D eigenvalue weighted by molar-refractivity contribution is 7.99. The van der Waals surface area contributed by atoms with Gasteiger partial charge in [-0.15, -0.1) is 11.8 Å². The molecule has 2 atom stereocenters. The number of nitrogens with zero attached hydrogens (tertiary/aromatic N) is 2. The van der Waals surface area contributed by atoms with Gasteiger partial charge in [-0.25, -0.2) is 4.98 Å². The van der Waals surface area contributed by atoms with Crippen molar-refractivity contribution in [2.75, 3.05) is 19.0 Å². The first-order valence-corrected chi connectivity index (χ1v) is 12.8. The molecule has 2 unspecified atom stereocenters. The van der Waals surface area contributed by atoms with Gasteiger partial charge in [0.2, 0.25) is 0 Å². The van der Waals surface area contributed by atoms with E-state index in [2.05, 4.69) is 67.4 Å². The van der Waals surface area contributed by atoms with Crippen LogP contribution in [-0.4, -0.2) is 40.4 Å². The summed E-state index contributed by atoms with van der Waals surface area (Å²) < 4.78 is 20.7. The highest BCUT2D eigenvalue weighted by atomic mass is 32.2. The topological polar surface area (TPSA) is 45.5 Å². The standard InChI is InChI=1S/C27H34N2O3S/c1-3-4-17-30-24-9-11-26(12-10-24)33-19-25-18-31-27(32-25,20-29-16-15-28-21-29)14-13-23-7-5-22(2)6-8-23/h5-12,15-16,21,25H,3-4,13-14,17-20H2,1-2H3. The van der Waals surface area contributed by atoms with Gasteiger partial charge in [0.15, 0.2) is 5.79 Å². The van der Waals surface area contributed by atoms with Crippen LogP contribution in [0.5, 0.6) is 5.75 Å². The van der Waals surface area contributed by atoms with Crippen molar-refractivity contribution < 1.29 is 14.2 Å². The smallest absolute Gasteiger partial charge is 0.187 e. The zero-order valence-electron chi connectivity index (χ0n) is 19.6. The van der Waals surface area contributed by atoms with E-state index in [-0.39, 0.29) is 6.10 Å². The third-order valence-electron chi connectivity index (χ3n) is 5.84. The molecular weight excluding hydrogens is 432 g/mol. The van der Waals surface area contributed by atoms with Crippen LogP contribution in [0.15, 0.2) is 72.1 Å². The van der Waals surface area contributed by atoms with Crippen LogP contribution in [0, 0.1) is 6.92 Å². The van der Waals surface area contributed by atoms with Crippen LogP contribution in [0.2, 0.25) is 0 Å². The van der Waals surface area contributed by atoms with Crippen molar-refractivity contribution in [3.8, 4) is 5.75 Å². The third kappa shape index (κ3) is 7.10. The van der Waals surface area contributed by atoms with E-state index in [9.17, 15) is 0 Å². The Bertz CT molecular complexity index is 960. The van der Waals surface area contributed by atoms with Gasteiger partial charge in [-0.1, -0.05) is 43.2 Å². The molecule has 3 aromatic rings. The van der Waals surface area contributed by atoms with E-state index in [1.54, 1.807) is 18.0 Å². The van der Waals surface area contributed by atoms with Crippen molar-refractivity contribution in [1.82, 2.24) is 9.55 Å². The predicted molar refractivity (Wildman–Crippen MR) is 133 cm³/mol. The Labute approximate surface area is 201 Å². The Morgan fingerprint density at radius 1 is 1.15 bits per heavy atom. The average molecular weight is 467 g/mol. The summed E-state index contributed by atoms with van der Waals surface area (Å²) >= 11 is 1.80. The number of unbranched alkanes of at least 4 members (excludes halogenated alkanes) is 1. The summed E-state index contributed by atoms with van der Waals surface area (Å²) in [6.07, 6.45) is 9.58. The molecule has 1 aliphatic heterocycles. The number of ether oxygens (including phenoxy) is 3. The minimum atomic E-state index is -0.631. The first-order valence-electron chi connectivity index (χ1n) is 11.8. The van der Waals surface area contributed by atoms with Crippen LogP contribution < -0.4 is 4.74 Å². The molecule has 0 radical (unpaired) electrons. The van der Waals surface area contributed by atoms with E-state index in [4.69, 9.17) is 14.2 Å². The first-order chi connectivity index (χ1) is 16.1. The van der Waals surface area contributed by atoms with Gasteiger partial charge in [-0.2, -0.15) is 0 Å². The van der Waals surface area contributed by atoms with Gasteiger partial charge in [-0.3, -0.25) is 0 Å². The van der Waals surface area contributed by atoms with Gasteiger partial charge < -0.3 is 18.8 Å². The number of benzene rings is 2. The molecule has 1 aliphatic rings. The molecule has 0 aliphatic carbocycles. The summed E-state index contributed by atoms with van der Waals surface area (Å²) in [6, 6.07) is 17.1. The lowest BCUT2D eigenvalue weighted by Crippen LogP contribution is -2.37. The molecule has 0 amide bonds. The Morgan fingerprint density at radius 2 is 1.97 bits per heavy atom. The van der Waals surface area contributed by atoms with Gasteiger partial charge in [0.05, 0.1) is 32.2 Å². The summed E-state index contributed by atoms with van der Waals surface area (Å²) in [6.45, 7) is 6.31. The lowest BCUT2D eigenvalue weighted by atomic mass is 10.0.